The lowest BCUT2D eigenvalue weighted by molar-refractivity contribution is -0.139. The first-order valence-electron chi connectivity index (χ1n) is 9.98. The zero-order chi connectivity index (χ0) is 20.1. The molecular weight excluding hydrogens is 376 g/mol. The van der Waals surface area contributed by atoms with Gasteiger partial charge in [0.25, 0.3) is 0 Å². The largest absolute Gasteiger partial charge is 0.394 e. The van der Waals surface area contributed by atoms with Crippen LogP contribution in [0.1, 0.15) is 26.2 Å². The van der Waals surface area contributed by atoms with E-state index in [1.165, 1.54) is 11.8 Å². The lowest BCUT2D eigenvalue weighted by atomic mass is 10.0. The second-order valence-corrected chi connectivity index (χ2v) is 8.60. The molecule has 2 unspecified atom stereocenters. The van der Waals surface area contributed by atoms with Gasteiger partial charge in [-0.2, -0.15) is 0 Å². The molecule has 7 nitrogen and oxygen atoms in total. The number of nitrogens with two attached hydrogens (primary N) is 1. The van der Waals surface area contributed by atoms with Crippen molar-refractivity contribution in [3.05, 3.63) is 30.3 Å². The molecule has 2 amide bonds. The summed E-state index contributed by atoms with van der Waals surface area (Å²) >= 11 is 1.46. The fourth-order valence-corrected chi connectivity index (χ4v) is 5.37. The second-order valence-electron chi connectivity index (χ2n) is 7.28. The zero-order valence-electron chi connectivity index (χ0n) is 16.3. The smallest absolute Gasteiger partial charge is 0.242 e. The normalized spacial score (nSPS) is 26.4. The lowest BCUT2D eigenvalue weighted by Crippen LogP contribution is -2.57. The number of carbonyl (C=O) groups is 2. The summed E-state index contributed by atoms with van der Waals surface area (Å²) in [5.41, 5.74) is 7.32. The number of amides is 2. The number of benzene rings is 1. The molecule has 2 heterocycles. The third kappa shape index (κ3) is 4.45. The zero-order valence-corrected chi connectivity index (χ0v) is 17.1. The van der Waals surface area contributed by atoms with Gasteiger partial charge in [0.2, 0.25) is 11.8 Å². The molecule has 0 aromatic heterocycles. The fraction of sp³-hybridized carbons (Fsp3) is 0.600. The molecule has 0 bridgehead atoms. The van der Waals surface area contributed by atoms with Gasteiger partial charge >= 0.3 is 0 Å². The van der Waals surface area contributed by atoms with Crippen LogP contribution in [0, 0.1) is 0 Å². The highest BCUT2D eigenvalue weighted by atomic mass is 32.2. The Hall–Kier alpha value is -1.77. The van der Waals surface area contributed by atoms with Crippen LogP contribution in [0.2, 0.25) is 0 Å². The minimum absolute atomic E-state index is 0.0153. The van der Waals surface area contributed by atoms with Crippen LogP contribution < -0.4 is 11.1 Å². The number of nitrogens with one attached hydrogen (secondary N) is 1. The van der Waals surface area contributed by atoms with Crippen molar-refractivity contribution in [2.45, 2.75) is 48.9 Å². The van der Waals surface area contributed by atoms with Gasteiger partial charge in [0.15, 0.2) is 0 Å². The van der Waals surface area contributed by atoms with Crippen LogP contribution in [-0.4, -0.2) is 75.7 Å². The van der Waals surface area contributed by atoms with Crippen molar-refractivity contribution in [2.24, 2.45) is 5.73 Å². The second kappa shape index (κ2) is 9.62. The average molecular weight is 407 g/mol. The van der Waals surface area contributed by atoms with Gasteiger partial charge < -0.3 is 26.0 Å². The van der Waals surface area contributed by atoms with Crippen molar-refractivity contribution in [2.75, 3.05) is 31.6 Å². The summed E-state index contributed by atoms with van der Waals surface area (Å²) in [6, 6.07) is 8.79. The Morgan fingerprint density at radius 2 is 2.11 bits per heavy atom. The topological polar surface area (TPSA) is 98.9 Å². The molecule has 1 aromatic carbocycles. The molecule has 4 N–H and O–H groups in total. The molecule has 0 radical (unpaired) electrons. The van der Waals surface area contributed by atoms with Gasteiger partial charge in [0.1, 0.15) is 16.7 Å². The van der Waals surface area contributed by atoms with E-state index in [0.29, 0.717) is 19.6 Å². The SMILES string of the molecule is CCN1C(=O)[C@@H](CNc2ccccc2)SC1[C@H](N)C(=O)N1CCCCC1CO. The Balaban J connectivity index is 1.66. The summed E-state index contributed by atoms with van der Waals surface area (Å²) in [6.45, 7) is 3.49. The number of hydrogen-bond donors (Lipinski definition) is 3. The van der Waals surface area contributed by atoms with Crippen LogP contribution in [0.5, 0.6) is 0 Å². The third-order valence-corrected chi connectivity index (χ3v) is 7.01. The third-order valence-electron chi connectivity index (χ3n) is 5.49. The van der Waals surface area contributed by atoms with E-state index in [1.54, 1.807) is 9.80 Å². The number of likely N-dealkylation sites (tertiary alicyclic amines) is 1. The number of carbonyl (C=O) groups excluding carboxylic acids is 2. The Morgan fingerprint density at radius 3 is 2.79 bits per heavy atom. The number of piperidine rings is 1. The highest BCUT2D eigenvalue weighted by Gasteiger charge is 2.45. The Kier molecular flexibility index (Phi) is 7.20. The van der Waals surface area contributed by atoms with Gasteiger partial charge in [-0.15, -0.1) is 11.8 Å². The molecule has 2 saturated heterocycles. The minimum Gasteiger partial charge on any atom is -0.394 e. The molecule has 8 heteroatoms. The van der Waals surface area contributed by atoms with Gasteiger partial charge in [0.05, 0.1) is 12.6 Å². The van der Waals surface area contributed by atoms with E-state index in [0.717, 1.165) is 24.9 Å². The van der Waals surface area contributed by atoms with Gasteiger partial charge in [0, 0.05) is 25.3 Å². The van der Waals surface area contributed by atoms with Crippen LogP contribution >= 0.6 is 11.8 Å². The lowest BCUT2D eigenvalue weighted by Gasteiger charge is -2.38. The number of anilines is 1. The van der Waals surface area contributed by atoms with E-state index in [2.05, 4.69) is 5.32 Å². The Labute approximate surface area is 170 Å². The molecule has 3 rings (SSSR count). The molecule has 154 valence electrons. The summed E-state index contributed by atoms with van der Waals surface area (Å²) in [6.07, 6.45) is 2.73. The molecule has 2 fully saturated rings. The number of aliphatic hydroxyl groups is 1. The molecule has 28 heavy (non-hydrogen) atoms. The quantitative estimate of drug-likeness (QED) is 0.627. The van der Waals surface area contributed by atoms with Crippen LogP contribution in [0.25, 0.3) is 0 Å². The van der Waals surface area contributed by atoms with Gasteiger partial charge in [-0.1, -0.05) is 18.2 Å². The van der Waals surface area contributed by atoms with Crippen molar-refractivity contribution in [3.63, 3.8) is 0 Å². The van der Waals surface area contributed by atoms with E-state index >= 15 is 0 Å². The summed E-state index contributed by atoms with van der Waals surface area (Å²) in [5, 5.41) is 12.2. The number of likely N-dealkylation sites (N-methyl/N-ethyl adjacent to an activating group) is 1. The van der Waals surface area contributed by atoms with Crippen LogP contribution in [0.15, 0.2) is 30.3 Å². The maximum absolute atomic E-state index is 13.0. The molecular formula is C20H30N4O3S. The fourth-order valence-electron chi connectivity index (χ4n) is 3.92. The molecule has 0 saturated carbocycles. The number of hydrogen-bond acceptors (Lipinski definition) is 6. The Morgan fingerprint density at radius 1 is 1.36 bits per heavy atom. The van der Waals surface area contributed by atoms with E-state index < -0.39 is 6.04 Å². The molecule has 2 aliphatic heterocycles. The van der Waals surface area contributed by atoms with E-state index in [1.807, 2.05) is 37.3 Å². The molecule has 1 aromatic rings. The molecule has 0 spiro atoms. The molecule has 0 aliphatic carbocycles. The predicted molar refractivity (Wildman–Crippen MR) is 112 cm³/mol. The first kappa shape index (κ1) is 21.0. The van der Waals surface area contributed by atoms with Crippen molar-refractivity contribution in [1.29, 1.82) is 0 Å². The average Bonchev–Trinajstić information content (AvgIpc) is 3.07. The van der Waals surface area contributed by atoms with Gasteiger partial charge in [-0.05, 0) is 38.3 Å². The minimum atomic E-state index is -0.789. The van der Waals surface area contributed by atoms with Crippen molar-refractivity contribution >= 4 is 29.3 Å². The molecule has 4 atom stereocenters. The van der Waals surface area contributed by atoms with Crippen LogP contribution in [-0.2, 0) is 9.59 Å². The predicted octanol–water partition coefficient (Wildman–Crippen LogP) is 1.09. The van der Waals surface area contributed by atoms with Crippen molar-refractivity contribution in [1.82, 2.24) is 9.80 Å². The van der Waals surface area contributed by atoms with Crippen LogP contribution in [0.4, 0.5) is 5.69 Å². The number of thioether (sulfide) groups is 1. The number of para-hydroxylation sites is 1. The highest BCUT2D eigenvalue weighted by molar-refractivity contribution is 8.01. The summed E-state index contributed by atoms with van der Waals surface area (Å²) < 4.78 is 0. The number of aliphatic hydroxyl groups excluding tert-OH is 1. The van der Waals surface area contributed by atoms with E-state index in [-0.39, 0.29) is 35.1 Å². The maximum atomic E-state index is 13.0. The monoisotopic (exact) mass is 406 g/mol. The van der Waals surface area contributed by atoms with E-state index in [4.69, 9.17) is 5.73 Å². The molecule has 2 aliphatic rings. The van der Waals surface area contributed by atoms with Crippen molar-refractivity contribution in [3.8, 4) is 0 Å². The van der Waals surface area contributed by atoms with E-state index in [9.17, 15) is 14.7 Å². The highest BCUT2D eigenvalue weighted by Crippen LogP contribution is 2.34. The maximum Gasteiger partial charge on any atom is 0.242 e. The summed E-state index contributed by atoms with van der Waals surface area (Å²) in [7, 11) is 0. The van der Waals surface area contributed by atoms with Crippen LogP contribution in [0.3, 0.4) is 0 Å². The number of rotatable bonds is 7. The van der Waals surface area contributed by atoms with Crippen molar-refractivity contribution < 1.29 is 14.7 Å². The first-order chi connectivity index (χ1) is 13.6. The van der Waals surface area contributed by atoms with Gasteiger partial charge in [-0.3, -0.25) is 9.59 Å². The standard InChI is InChI=1S/C20H30N4O3S/c1-2-23-18(26)16(12-22-14-8-4-3-5-9-14)28-20(23)17(21)19(27)24-11-7-6-10-15(24)13-25/h3-5,8-9,15-17,20,22,25H,2,6-7,10-13,21H2,1H3/t15?,16-,17-,20?/m1/s1. The summed E-state index contributed by atoms with van der Waals surface area (Å²) in [5.74, 6) is -0.152. The first-order valence-corrected chi connectivity index (χ1v) is 10.9. The Bertz CT molecular complexity index is 675. The van der Waals surface area contributed by atoms with Gasteiger partial charge in [-0.25, -0.2) is 0 Å². The number of nitrogens with zero attached hydrogens (tertiary/aromatic N) is 2. The summed E-state index contributed by atoms with van der Waals surface area (Å²) in [4.78, 5) is 29.3.